The Hall–Kier alpha value is -2.08. The van der Waals surface area contributed by atoms with Crippen molar-refractivity contribution >= 4 is 11.9 Å². The number of likely N-dealkylation sites (tertiary alicyclic amines) is 1. The average molecular weight is 345 g/mol. The van der Waals surface area contributed by atoms with Crippen molar-refractivity contribution in [2.45, 2.75) is 38.3 Å². The Kier molecular flexibility index (Phi) is 5.91. The predicted molar refractivity (Wildman–Crippen MR) is 95.1 cm³/mol. The first-order chi connectivity index (χ1) is 12.2. The molecule has 0 spiro atoms. The number of rotatable bonds is 5. The molecule has 2 unspecified atom stereocenters. The Bertz CT molecular complexity index is 593. The van der Waals surface area contributed by atoms with E-state index in [-0.39, 0.29) is 24.1 Å². The molecule has 0 aliphatic carbocycles. The Morgan fingerprint density at radius 1 is 1.32 bits per heavy atom. The van der Waals surface area contributed by atoms with Gasteiger partial charge in [0.15, 0.2) is 0 Å². The van der Waals surface area contributed by atoms with Crippen LogP contribution in [0.2, 0.25) is 0 Å². The van der Waals surface area contributed by atoms with Crippen LogP contribution < -0.4 is 5.32 Å². The lowest BCUT2D eigenvalue weighted by atomic mass is 10.1. The van der Waals surface area contributed by atoms with Gasteiger partial charge in [-0.3, -0.25) is 4.79 Å². The minimum absolute atomic E-state index is 0.0813. The number of nitrogens with zero attached hydrogens (tertiary/aromatic N) is 2. The zero-order valence-electron chi connectivity index (χ0n) is 14.8. The van der Waals surface area contributed by atoms with Crippen LogP contribution in [-0.4, -0.2) is 60.6 Å². The molecular weight excluding hydrogens is 318 g/mol. The van der Waals surface area contributed by atoms with Gasteiger partial charge in [0.2, 0.25) is 5.91 Å². The molecule has 2 aliphatic rings. The number of morpholine rings is 1. The number of carbonyl (C=O) groups is 2. The molecule has 3 rings (SSSR count). The van der Waals surface area contributed by atoms with E-state index in [2.05, 4.69) is 12.2 Å². The predicted octanol–water partition coefficient (Wildman–Crippen LogP) is 2.17. The summed E-state index contributed by atoms with van der Waals surface area (Å²) >= 11 is 0. The summed E-state index contributed by atoms with van der Waals surface area (Å²) in [6.45, 7) is 5.16. The summed E-state index contributed by atoms with van der Waals surface area (Å²) in [5.41, 5.74) is 1.02. The second-order valence-electron chi connectivity index (χ2n) is 6.70. The number of ether oxygens (including phenoxy) is 1. The molecule has 0 radical (unpaired) electrons. The van der Waals surface area contributed by atoms with Crippen LogP contribution in [0.1, 0.15) is 37.8 Å². The molecule has 25 heavy (non-hydrogen) atoms. The quantitative estimate of drug-likeness (QED) is 0.890. The van der Waals surface area contributed by atoms with Crippen LogP contribution in [-0.2, 0) is 9.53 Å². The number of benzene rings is 1. The van der Waals surface area contributed by atoms with Crippen LogP contribution in [0.3, 0.4) is 0 Å². The van der Waals surface area contributed by atoms with Gasteiger partial charge in [0, 0.05) is 32.6 Å². The molecule has 1 aromatic carbocycles. The highest BCUT2D eigenvalue weighted by Gasteiger charge is 2.28. The standard InChI is InChI=1S/C19H27N3O3/c1-2-16-13-22(11-12-25-16)19(24)20-17(15-7-4-3-5-8-15)14-21-10-6-9-18(21)23/h3-5,7-8,16-17H,2,6,9-14H2,1H3,(H,20,24). The third-order valence-corrected chi connectivity index (χ3v) is 4.96. The summed E-state index contributed by atoms with van der Waals surface area (Å²) < 4.78 is 5.64. The van der Waals surface area contributed by atoms with E-state index < -0.39 is 0 Å². The molecule has 2 atom stereocenters. The van der Waals surface area contributed by atoms with Gasteiger partial charge in [-0.25, -0.2) is 4.79 Å². The molecule has 0 aromatic heterocycles. The third kappa shape index (κ3) is 4.51. The SMILES string of the molecule is CCC1CN(C(=O)NC(CN2CCCC2=O)c2ccccc2)CCO1. The molecular formula is C19H27N3O3. The van der Waals surface area contributed by atoms with Crippen molar-refractivity contribution in [3.63, 3.8) is 0 Å². The van der Waals surface area contributed by atoms with Crippen LogP contribution in [0.5, 0.6) is 0 Å². The van der Waals surface area contributed by atoms with Crippen molar-refractivity contribution in [1.82, 2.24) is 15.1 Å². The lowest BCUT2D eigenvalue weighted by molar-refractivity contribution is -0.128. The molecule has 1 N–H and O–H groups in total. The summed E-state index contributed by atoms with van der Waals surface area (Å²) in [6.07, 6.45) is 2.51. The van der Waals surface area contributed by atoms with Crippen molar-refractivity contribution in [1.29, 1.82) is 0 Å². The normalized spacial score (nSPS) is 22.1. The van der Waals surface area contributed by atoms with Crippen molar-refractivity contribution < 1.29 is 14.3 Å². The fourth-order valence-corrected chi connectivity index (χ4v) is 3.43. The molecule has 0 saturated carbocycles. The summed E-state index contributed by atoms with van der Waals surface area (Å²) in [6, 6.07) is 9.60. The first kappa shape index (κ1) is 17.7. The minimum atomic E-state index is -0.196. The zero-order valence-corrected chi connectivity index (χ0v) is 14.8. The van der Waals surface area contributed by atoms with Crippen LogP contribution in [0.15, 0.2) is 30.3 Å². The number of hydrogen-bond acceptors (Lipinski definition) is 3. The van der Waals surface area contributed by atoms with E-state index in [4.69, 9.17) is 4.74 Å². The number of nitrogens with one attached hydrogen (secondary N) is 1. The number of urea groups is 1. The van der Waals surface area contributed by atoms with Gasteiger partial charge in [-0.2, -0.15) is 0 Å². The fraction of sp³-hybridized carbons (Fsp3) is 0.579. The van der Waals surface area contributed by atoms with Gasteiger partial charge in [0.1, 0.15) is 0 Å². The number of hydrogen-bond donors (Lipinski definition) is 1. The van der Waals surface area contributed by atoms with E-state index in [9.17, 15) is 9.59 Å². The van der Waals surface area contributed by atoms with Gasteiger partial charge in [-0.15, -0.1) is 0 Å². The summed E-state index contributed by atoms with van der Waals surface area (Å²) in [4.78, 5) is 28.4. The Labute approximate surface area is 149 Å². The van der Waals surface area contributed by atoms with Crippen LogP contribution in [0.25, 0.3) is 0 Å². The van der Waals surface area contributed by atoms with E-state index in [0.717, 1.165) is 24.9 Å². The number of amides is 3. The van der Waals surface area contributed by atoms with Gasteiger partial charge in [0.25, 0.3) is 0 Å². The van der Waals surface area contributed by atoms with Crippen molar-refractivity contribution in [2.24, 2.45) is 0 Å². The van der Waals surface area contributed by atoms with Crippen molar-refractivity contribution in [3.05, 3.63) is 35.9 Å². The van der Waals surface area contributed by atoms with Crippen LogP contribution in [0, 0.1) is 0 Å². The monoisotopic (exact) mass is 345 g/mol. The molecule has 6 heteroatoms. The molecule has 2 fully saturated rings. The highest BCUT2D eigenvalue weighted by molar-refractivity contribution is 5.78. The van der Waals surface area contributed by atoms with E-state index in [1.54, 1.807) is 0 Å². The summed E-state index contributed by atoms with van der Waals surface area (Å²) in [7, 11) is 0. The maximum atomic E-state index is 12.8. The highest BCUT2D eigenvalue weighted by atomic mass is 16.5. The van der Waals surface area contributed by atoms with Gasteiger partial charge in [-0.1, -0.05) is 37.3 Å². The fourth-order valence-electron chi connectivity index (χ4n) is 3.43. The smallest absolute Gasteiger partial charge is 0.318 e. The number of carbonyl (C=O) groups excluding carboxylic acids is 2. The Morgan fingerprint density at radius 3 is 2.80 bits per heavy atom. The van der Waals surface area contributed by atoms with Crippen LogP contribution >= 0.6 is 0 Å². The minimum Gasteiger partial charge on any atom is -0.375 e. The lowest BCUT2D eigenvalue weighted by Crippen LogP contribution is -2.51. The van der Waals surface area contributed by atoms with Crippen LogP contribution in [0.4, 0.5) is 4.79 Å². The topological polar surface area (TPSA) is 61.9 Å². The third-order valence-electron chi connectivity index (χ3n) is 4.96. The van der Waals surface area contributed by atoms with E-state index in [1.807, 2.05) is 40.1 Å². The maximum absolute atomic E-state index is 12.8. The van der Waals surface area contributed by atoms with Gasteiger partial charge >= 0.3 is 6.03 Å². The second-order valence-corrected chi connectivity index (χ2v) is 6.70. The molecule has 1 aromatic rings. The molecule has 6 nitrogen and oxygen atoms in total. The molecule has 3 amide bonds. The largest absolute Gasteiger partial charge is 0.375 e. The van der Waals surface area contributed by atoms with Gasteiger partial charge in [-0.05, 0) is 18.4 Å². The molecule has 2 aliphatic heterocycles. The summed E-state index contributed by atoms with van der Waals surface area (Å²) in [5.74, 6) is 0.174. The Morgan fingerprint density at radius 2 is 2.12 bits per heavy atom. The first-order valence-electron chi connectivity index (χ1n) is 9.17. The maximum Gasteiger partial charge on any atom is 0.318 e. The van der Waals surface area contributed by atoms with Crippen molar-refractivity contribution in [2.75, 3.05) is 32.8 Å². The van der Waals surface area contributed by atoms with Crippen molar-refractivity contribution in [3.8, 4) is 0 Å². The molecule has 136 valence electrons. The summed E-state index contributed by atoms with van der Waals surface area (Å²) in [5, 5.41) is 3.13. The lowest BCUT2D eigenvalue weighted by Gasteiger charge is -2.34. The zero-order chi connectivity index (χ0) is 17.6. The second kappa shape index (κ2) is 8.34. The highest BCUT2D eigenvalue weighted by Crippen LogP contribution is 2.19. The van der Waals surface area contributed by atoms with E-state index in [1.165, 1.54) is 0 Å². The van der Waals surface area contributed by atoms with E-state index >= 15 is 0 Å². The molecule has 0 bridgehead atoms. The van der Waals surface area contributed by atoms with Gasteiger partial charge in [0.05, 0.1) is 18.8 Å². The van der Waals surface area contributed by atoms with Gasteiger partial charge < -0.3 is 19.9 Å². The molecule has 2 heterocycles. The van der Waals surface area contributed by atoms with E-state index in [0.29, 0.717) is 32.7 Å². The molecule has 2 saturated heterocycles. The Balaban J connectivity index is 1.68. The first-order valence-corrected chi connectivity index (χ1v) is 9.17. The average Bonchev–Trinajstić information content (AvgIpc) is 3.06.